The Morgan fingerprint density at radius 1 is 1.19 bits per heavy atom. The second kappa shape index (κ2) is 7.84. The highest BCUT2D eigenvalue weighted by atomic mass is 16.5. The average molecular weight is 361 g/mol. The van der Waals surface area contributed by atoms with Crippen LogP contribution in [0.15, 0.2) is 54.9 Å². The van der Waals surface area contributed by atoms with E-state index in [1.807, 2.05) is 47.4 Å². The number of carbonyl (C=O) groups is 1. The van der Waals surface area contributed by atoms with Crippen LogP contribution in [-0.2, 0) is 4.74 Å². The maximum Gasteiger partial charge on any atom is 0.255 e. The molecule has 2 aromatic heterocycles. The van der Waals surface area contributed by atoms with Gasteiger partial charge in [-0.15, -0.1) is 0 Å². The van der Waals surface area contributed by atoms with Gasteiger partial charge in [-0.3, -0.25) is 14.8 Å². The van der Waals surface area contributed by atoms with Crippen molar-refractivity contribution in [2.45, 2.75) is 12.8 Å². The van der Waals surface area contributed by atoms with Crippen molar-refractivity contribution in [2.24, 2.45) is 5.92 Å². The molecule has 1 amide bonds. The fourth-order valence-corrected chi connectivity index (χ4v) is 3.81. The first-order valence-corrected chi connectivity index (χ1v) is 9.34. The summed E-state index contributed by atoms with van der Waals surface area (Å²) in [7, 11) is 1.71. The number of hydrogen-bond donors (Lipinski definition) is 0. The Kier molecular flexibility index (Phi) is 5.12. The monoisotopic (exact) mass is 361 g/mol. The van der Waals surface area contributed by atoms with Gasteiger partial charge in [0, 0.05) is 43.5 Å². The van der Waals surface area contributed by atoms with Crippen LogP contribution in [0.3, 0.4) is 0 Å². The molecule has 1 aliphatic rings. The molecule has 3 aromatic rings. The van der Waals surface area contributed by atoms with Gasteiger partial charge in [0.1, 0.15) is 0 Å². The number of piperidine rings is 1. The number of pyridine rings is 2. The molecule has 0 spiro atoms. The smallest absolute Gasteiger partial charge is 0.255 e. The van der Waals surface area contributed by atoms with Crippen molar-refractivity contribution in [2.75, 3.05) is 26.8 Å². The fraction of sp³-hybridized carbons (Fsp3) is 0.318. The van der Waals surface area contributed by atoms with Crippen molar-refractivity contribution in [3.63, 3.8) is 0 Å². The Hall–Kier alpha value is -2.79. The first-order chi connectivity index (χ1) is 13.3. The maximum absolute atomic E-state index is 12.8. The highest BCUT2D eigenvalue weighted by Gasteiger charge is 2.24. The lowest BCUT2D eigenvalue weighted by Crippen LogP contribution is -2.41. The van der Waals surface area contributed by atoms with E-state index in [-0.39, 0.29) is 5.91 Å². The van der Waals surface area contributed by atoms with Crippen molar-refractivity contribution in [1.29, 1.82) is 0 Å². The molecular formula is C22H23N3O2. The molecule has 5 nitrogen and oxygen atoms in total. The quantitative estimate of drug-likeness (QED) is 0.709. The molecule has 1 aliphatic heterocycles. The van der Waals surface area contributed by atoms with Crippen LogP contribution in [0.25, 0.3) is 22.2 Å². The summed E-state index contributed by atoms with van der Waals surface area (Å²) < 4.78 is 5.26. The maximum atomic E-state index is 12.8. The molecule has 27 heavy (non-hydrogen) atoms. The number of fused-ring (bicyclic) bond motifs is 1. The number of carbonyl (C=O) groups excluding carboxylic acids is 1. The van der Waals surface area contributed by atoms with Gasteiger partial charge in [0.25, 0.3) is 5.91 Å². The van der Waals surface area contributed by atoms with E-state index in [1.165, 1.54) is 0 Å². The summed E-state index contributed by atoms with van der Waals surface area (Å²) in [6.07, 6.45) is 5.61. The third kappa shape index (κ3) is 3.69. The van der Waals surface area contributed by atoms with E-state index < -0.39 is 0 Å². The van der Waals surface area contributed by atoms with E-state index >= 15 is 0 Å². The van der Waals surface area contributed by atoms with Crippen LogP contribution < -0.4 is 0 Å². The van der Waals surface area contributed by atoms with E-state index in [0.717, 1.165) is 48.1 Å². The van der Waals surface area contributed by atoms with Crippen LogP contribution >= 0.6 is 0 Å². The van der Waals surface area contributed by atoms with Gasteiger partial charge in [0.05, 0.1) is 23.4 Å². The van der Waals surface area contributed by atoms with E-state index in [1.54, 1.807) is 19.5 Å². The van der Waals surface area contributed by atoms with Crippen LogP contribution in [0, 0.1) is 5.92 Å². The van der Waals surface area contributed by atoms with Gasteiger partial charge in [0.15, 0.2) is 0 Å². The van der Waals surface area contributed by atoms with Crippen molar-refractivity contribution in [3.05, 3.63) is 60.4 Å². The van der Waals surface area contributed by atoms with Gasteiger partial charge in [0.2, 0.25) is 0 Å². The molecule has 5 heteroatoms. The van der Waals surface area contributed by atoms with Crippen molar-refractivity contribution in [1.82, 2.24) is 14.9 Å². The van der Waals surface area contributed by atoms with Crippen LogP contribution in [0.4, 0.5) is 0 Å². The van der Waals surface area contributed by atoms with Crippen LogP contribution in [0.1, 0.15) is 23.2 Å². The number of nitrogens with zero attached hydrogens (tertiary/aromatic N) is 3. The first-order valence-electron chi connectivity index (χ1n) is 9.34. The summed E-state index contributed by atoms with van der Waals surface area (Å²) in [5.41, 5.74) is 3.45. The fourth-order valence-electron chi connectivity index (χ4n) is 3.81. The van der Waals surface area contributed by atoms with E-state index in [9.17, 15) is 4.79 Å². The third-order valence-electron chi connectivity index (χ3n) is 5.14. The molecule has 4 rings (SSSR count). The van der Waals surface area contributed by atoms with Crippen LogP contribution in [0.5, 0.6) is 0 Å². The Morgan fingerprint density at radius 3 is 2.93 bits per heavy atom. The molecule has 1 atom stereocenters. The SMILES string of the molecule is COC[C@H]1CCCN(C(=O)c2ccc(-c3cccc4ncccc34)nc2)C1. The number of ether oxygens (including phenoxy) is 1. The minimum atomic E-state index is 0.0504. The van der Waals surface area contributed by atoms with Gasteiger partial charge in [-0.05, 0) is 43.0 Å². The summed E-state index contributed by atoms with van der Waals surface area (Å²) >= 11 is 0. The normalized spacial score (nSPS) is 17.2. The Morgan fingerprint density at radius 2 is 2.11 bits per heavy atom. The number of rotatable bonds is 4. The van der Waals surface area contributed by atoms with Crippen LogP contribution in [0.2, 0.25) is 0 Å². The summed E-state index contributed by atoms with van der Waals surface area (Å²) in [4.78, 5) is 23.7. The molecule has 0 unspecified atom stereocenters. The Balaban J connectivity index is 1.56. The number of benzene rings is 1. The standard InChI is InChI=1S/C22H23N3O2/c1-27-15-16-5-4-12-25(14-16)22(26)17-9-10-21(24-13-17)18-6-2-8-20-19(18)7-3-11-23-20/h2-3,6-11,13,16H,4-5,12,14-15H2,1H3/t16-/m0/s1. The second-order valence-corrected chi connectivity index (χ2v) is 7.02. The lowest BCUT2D eigenvalue weighted by Gasteiger charge is -2.32. The number of aromatic nitrogens is 2. The Bertz CT molecular complexity index is 932. The van der Waals surface area contributed by atoms with Crippen LogP contribution in [-0.4, -0.2) is 47.6 Å². The zero-order chi connectivity index (χ0) is 18.6. The molecule has 1 fully saturated rings. The molecule has 0 N–H and O–H groups in total. The highest BCUT2D eigenvalue weighted by molar-refractivity contribution is 5.96. The van der Waals surface area contributed by atoms with Gasteiger partial charge >= 0.3 is 0 Å². The predicted octanol–water partition coefficient (Wildman–Crippen LogP) is 3.80. The minimum absolute atomic E-state index is 0.0504. The number of amides is 1. The summed E-state index contributed by atoms with van der Waals surface area (Å²) in [6.45, 7) is 2.26. The lowest BCUT2D eigenvalue weighted by atomic mass is 9.98. The molecule has 0 saturated carbocycles. The Labute approximate surface area is 159 Å². The largest absolute Gasteiger partial charge is 0.384 e. The molecule has 0 radical (unpaired) electrons. The predicted molar refractivity (Wildman–Crippen MR) is 105 cm³/mol. The molecule has 138 valence electrons. The third-order valence-corrected chi connectivity index (χ3v) is 5.14. The second-order valence-electron chi connectivity index (χ2n) is 7.02. The average Bonchev–Trinajstić information content (AvgIpc) is 2.73. The van der Waals surface area contributed by atoms with E-state index in [0.29, 0.717) is 18.1 Å². The topological polar surface area (TPSA) is 55.3 Å². The summed E-state index contributed by atoms with van der Waals surface area (Å²) in [5, 5.41) is 1.06. The van der Waals surface area contributed by atoms with Crippen molar-refractivity contribution < 1.29 is 9.53 Å². The zero-order valence-electron chi connectivity index (χ0n) is 15.5. The molecule has 1 saturated heterocycles. The number of methoxy groups -OCH3 is 1. The van der Waals surface area contributed by atoms with E-state index in [4.69, 9.17) is 4.74 Å². The van der Waals surface area contributed by atoms with Gasteiger partial charge < -0.3 is 9.64 Å². The summed E-state index contributed by atoms with van der Waals surface area (Å²) in [6, 6.07) is 13.8. The number of hydrogen-bond acceptors (Lipinski definition) is 4. The minimum Gasteiger partial charge on any atom is -0.384 e. The lowest BCUT2D eigenvalue weighted by molar-refractivity contribution is 0.0570. The van der Waals surface area contributed by atoms with Gasteiger partial charge in [-0.25, -0.2) is 0 Å². The zero-order valence-corrected chi connectivity index (χ0v) is 15.5. The van der Waals surface area contributed by atoms with Crippen molar-refractivity contribution in [3.8, 4) is 11.3 Å². The molecule has 3 heterocycles. The summed E-state index contributed by atoms with van der Waals surface area (Å²) in [5.74, 6) is 0.470. The van der Waals surface area contributed by atoms with Gasteiger partial charge in [-0.2, -0.15) is 0 Å². The molecule has 0 bridgehead atoms. The van der Waals surface area contributed by atoms with E-state index in [2.05, 4.69) is 9.97 Å². The highest BCUT2D eigenvalue weighted by Crippen LogP contribution is 2.26. The first kappa shape index (κ1) is 17.6. The molecule has 1 aromatic carbocycles. The number of likely N-dealkylation sites (tertiary alicyclic amines) is 1. The van der Waals surface area contributed by atoms with Crippen molar-refractivity contribution >= 4 is 16.8 Å². The van der Waals surface area contributed by atoms with Gasteiger partial charge in [-0.1, -0.05) is 18.2 Å². The molecule has 0 aliphatic carbocycles. The molecular weight excluding hydrogens is 338 g/mol.